The highest BCUT2D eigenvalue weighted by atomic mass is 32.1. The molecule has 0 bridgehead atoms. The van der Waals surface area contributed by atoms with Gasteiger partial charge in [-0.2, -0.15) is 0 Å². The van der Waals surface area contributed by atoms with Crippen molar-refractivity contribution in [2.24, 2.45) is 0 Å². The van der Waals surface area contributed by atoms with E-state index in [-0.39, 0.29) is 12.0 Å². The van der Waals surface area contributed by atoms with Crippen LogP contribution in [0.4, 0.5) is 0 Å². The molecule has 1 fully saturated rings. The molecule has 8 heteroatoms. The van der Waals surface area contributed by atoms with Crippen LogP contribution in [0.1, 0.15) is 33.8 Å². The van der Waals surface area contributed by atoms with E-state index in [1.165, 1.54) is 11.3 Å². The zero-order chi connectivity index (χ0) is 20.9. The average Bonchev–Trinajstić information content (AvgIpc) is 3.43. The standard InChI is InChI=1S/C22H24N4O3S/c1-15-19(30-21(25-15)20-23-9-5-10-24-20)22(27)26(14-18-8-4-11-29-18)13-16-6-3-7-17(12-16)28-2/h3,5-7,9-10,12,18H,4,8,11,13-14H2,1-2H3. The number of amides is 1. The van der Waals surface area contributed by atoms with Crippen molar-refractivity contribution >= 4 is 17.2 Å². The minimum atomic E-state index is -0.0505. The monoisotopic (exact) mass is 424 g/mol. The molecule has 0 aliphatic carbocycles. The molecule has 0 N–H and O–H groups in total. The van der Waals surface area contributed by atoms with E-state index < -0.39 is 0 Å². The Hall–Kier alpha value is -2.84. The number of rotatable bonds is 7. The molecule has 2 aromatic heterocycles. The Morgan fingerprint density at radius 3 is 2.87 bits per heavy atom. The van der Waals surface area contributed by atoms with Gasteiger partial charge in [0.15, 0.2) is 10.8 Å². The maximum atomic E-state index is 13.5. The predicted molar refractivity (Wildman–Crippen MR) is 115 cm³/mol. The van der Waals surface area contributed by atoms with Crippen LogP contribution in [0.3, 0.4) is 0 Å². The van der Waals surface area contributed by atoms with Crippen molar-refractivity contribution in [3.8, 4) is 16.6 Å². The Kier molecular flexibility index (Phi) is 6.35. The maximum absolute atomic E-state index is 13.5. The third-order valence-corrected chi connectivity index (χ3v) is 6.13. The van der Waals surface area contributed by atoms with Gasteiger partial charge in [-0.1, -0.05) is 12.1 Å². The van der Waals surface area contributed by atoms with Crippen LogP contribution in [0.25, 0.3) is 10.8 Å². The number of ether oxygens (including phenoxy) is 2. The summed E-state index contributed by atoms with van der Waals surface area (Å²) < 4.78 is 11.1. The van der Waals surface area contributed by atoms with Crippen LogP contribution in [-0.2, 0) is 11.3 Å². The summed E-state index contributed by atoms with van der Waals surface area (Å²) in [5.74, 6) is 1.25. The molecular weight excluding hydrogens is 400 g/mol. The van der Waals surface area contributed by atoms with Crippen molar-refractivity contribution in [2.45, 2.75) is 32.4 Å². The number of methoxy groups -OCH3 is 1. The lowest BCUT2D eigenvalue weighted by Gasteiger charge is -2.25. The topological polar surface area (TPSA) is 77.4 Å². The van der Waals surface area contributed by atoms with Crippen LogP contribution in [-0.4, -0.2) is 52.1 Å². The first kappa shape index (κ1) is 20.4. The van der Waals surface area contributed by atoms with Gasteiger partial charge in [0.25, 0.3) is 5.91 Å². The smallest absolute Gasteiger partial charge is 0.266 e. The third kappa shape index (κ3) is 4.66. The molecule has 3 heterocycles. The van der Waals surface area contributed by atoms with E-state index in [1.807, 2.05) is 36.1 Å². The van der Waals surface area contributed by atoms with Crippen molar-refractivity contribution in [2.75, 3.05) is 20.3 Å². The van der Waals surface area contributed by atoms with E-state index in [0.717, 1.165) is 30.8 Å². The number of hydrogen-bond donors (Lipinski definition) is 0. The van der Waals surface area contributed by atoms with Crippen molar-refractivity contribution in [3.05, 3.63) is 58.9 Å². The molecule has 0 saturated carbocycles. The Bertz CT molecular complexity index is 1000. The largest absolute Gasteiger partial charge is 0.497 e. The zero-order valence-electron chi connectivity index (χ0n) is 17.1. The van der Waals surface area contributed by atoms with Gasteiger partial charge >= 0.3 is 0 Å². The van der Waals surface area contributed by atoms with Crippen molar-refractivity contribution < 1.29 is 14.3 Å². The highest BCUT2D eigenvalue weighted by Gasteiger charge is 2.27. The van der Waals surface area contributed by atoms with E-state index in [0.29, 0.717) is 34.5 Å². The number of carbonyl (C=O) groups excluding carboxylic acids is 1. The predicted octanol–water partition coefficient (Wildman–Crippen LogP) is 3.74. The third-order valence-electron chi connectivity index (χ3n) is 4.99. The van der Waals surface area contributed by atoms with Crippen LogP contribution in [0, 0.1) is 6.92 Å². The molecule has 0 radical (unpaired) electrons. The first-order valence-electron chi connectivity index (χ1n) is 9.92. The fraction of sp³-hybridized carbons (Fsp3) is 0.364. The molecule has 30 heavy (non-hydrogen) atoms. The summed E-state index contributed by atoms with van der Waals surface area (Å²) in [5.41, 5.74) is 1.70. The fourth-order valence-corrected chi connectivity index (χ4v) is 4.47. The van der Waals surface area contributed by atoms with Gasteiger partial charge in [-0.15, -0.1) is 11.3 Å². The summed E-state index contributed by atoms with van der Waals surface area (Å²) in [6.07, 6.45) is 5.40. The van der Waals surface area contributed by atoms with Crippen LogP contribution in [0.15, 0.2) is 42.7 Å². The first-order valence-corrected chi connectivity index (χ1v) is 10.7. The highest BCUT2D eigenvalue weighted by Crippen LogP contribution is 2.28. The van der Waals surface area contributed by atoms with Crippen molar-refractivity contribution in [1.82, 2.24) is 19.9 Å². The van der Waals surface area contributed by atoms with Gasteiger partial charge in [0.05, 0.1) is 18.9 Å². The Labute approximate surface area is 179 Å². The summed E-state index contributed by atoms with van der Waals surface area (Å²) in [5, 5.41) is 0.648. The molecule has 7 nitrogen and oxygen atoms in total. The SMILES string of the molecule is COc1cccc(CN(CC2CCCO2)C(=O)c2sc(-c3ncccn3)nc2C)c1. The number of thiazole rings is 1. The number of aromatic nitrogens is 3. The highest BCUT2D eigenvalue weighted by molar-refractivity contribution is 7.17. The summed E-state index contributed by atoms with van der Waals surface area (Å²) in [6, 6.07) is 9.55. The second-order valence-corrected chi connectivity index (χ2v) is 8.18. The fourth-order valence-electron chi connectivity index (χ4n) is 3.49. The van der Waals surface area contributed by atoms with Gasteiger partial charge < -0.3 is 14.4 Å². The number of nitrogens with zero attached hydrogens (tertiary/aromatic N) is 4. The van der Waals surface area contributed by atoms with Crippen LogP contribution in [0.2, 0.25) is 0 Å². The average molecular weight is 425 g/mol. The van der Waals surface area contributed by atoms with Gasteiger partial charge in [0, 0.05) is 32.1 Å². The van der Waals surface area contributed by atoms with Crippen molar-refractivity contribution in [3.63, 3.8) is 0 Å². The van der Waals surface area contributed by atoms with Crippen LogP contribution < -0.4 is 4.74 Å². The Balaban J connectivity index is 1.60. The van der Waals surface area contributed by atoms with Gasteiger partial charge in [-0.3, -0.25) is 4.79 Å². The number of aryl methyl sites for hydroxylation is 1. The molecule has 1 amide bonds. The van der Waals surface area contributed by atoms with Gasteiger partial charge in [0.2, 0.25) is 0 Å². The molecule has 0 spiro atoms. The normalized spacial score (nSPS) is 15.9. The summed E-state index contributed by atoms with van der Waals surface area (Å²) in [7, 11) is 1.64. The number of carbonyl (C=O) groups is 1. The number of hydrogen-bond acceptors (Lipinski definition) is 7. The molecule has 4 rings (SSSR count). The number of benzene rings is 1. The van der Waals surface area contributed by atoms with Gasteiger partial charge in [-0.25, -0.2) is 15.0 Å². The lowest BCUT2D eigenvalue weighted by Crippen LogP contribution is -2.36. The molecule has 1 saturated heterocycles. The van der Waals surface area contributed by atoms with Crippen LogP contribution >= 0.6 is 11.3 Å². The van der Waals surface area contributed by atoms with Gasteiger partial charge in [0.1, 0.15) is 10.6 Å². The van der Waals surface area contributed by atoms with E-state index in [2.05, 4.69) is 15.0 Å². The summed E-state index contributed by atoms with van der Waals surface area (Å²) in [4.78, 5) is 29.0. The molecule has 1 aliphatic rings. The molecule has 1 aliphatic heterocycles. The quantitative estimate of drug-likeness (QED) is 0.575. The van der Waals surface area contributed by atoms with Crippen LogP contribution in [0.5, 0.6) is 5.75 Å². The minimum Gasteiger partial charge on any atom is -0.497 e. The molecule has 3 aromatic rings. The Morgan fingerprint density at radius 2 is 2.13 bits per heavy atom. The van der Waals surface area contributed by atoms with E-state index >= 15 is 0 Å². The molecule has 1 unspecified atom stereocenters. The second-order valence-electron chi connectivity index (χ2n) is 7.18. The summed E-state index contributed by atoms with van der Waals surface area (Å²) >= 11 is 1.33. The second kappa shape index (κ2) is 9.32. The van der Waals surface area contributed by atoms with E-state index in [1.54, 1.807) is 25.6 Å². The zero-order valence-corrected chi connectivity index (χ0v) is 17.9. The van der Waals surface area contributed by atoms with E-state index in [4.69, 9.17) is 9.47 Å². The lowest BCUT2D eigenvalue weighted by atomic mass is 10.1. The maximum Gasteiger partial charge on any atom is 0.266 e. The molecule has 1 atom stereocenters. The first-order chi connectivity index (χ1) is 14.6. The Morgan fingerprint density at radius 1 is 1.30 bits per heavy atom. The summed E-state index contributed by atoms with van der Waals surface area (Å²) in [6.45, 7) is 3.63. The molecule has 156 valence electrons. The minimum absolute atomic E-state index is 0.0505. The van der Waals surface area contributed by atoms with Crippen molar-refractivity contribution in [1.29, 1.82) is 0 Å². The lowest BCUT2D eigenvalue weighted by molar-refractivity contribution is 0.0510. The molecular formula is C22H24N4O3S. The van der Waals surface area contributed by atoms with Gasteiger partial charge in [-0.05, 0) is 43.5 Å². The molecule has 1 aromatic carbocycles. The van der Waals surface area contributed by atoms with E-state index in [9.17, 15) is 4.79 Å².